The first-order valence-corrected chi connectivity index (χ1v) is 10.3. The van der Waals surface area contributed by atoms with Gasteiger partial charge in [0.25, 0.3) is 0 Å². The molecule has 1 aliphatic rings. The van der Waals surface area contributed by atoms with Crippen molar-refractivity contribution in [3.63, 3.8) is 0 Å². The zero-order valence-electron chi connectivity index (χ0n) is 15.3. The normalized spacial score (nSPS) is 20.4. The van der Waals surface area contributed by atoms with Crippen LogP contribution in [0.4, 0.5) is 0 Å². The molecule has 0 radical (unpaired) electrons. The number of halogens is 1. The largest absolute Gasteiger partial charge is 0.419 e. The van der Waals surface area contributed by atoms with E-state index >= 15 is 0 Å². The van der Waals surface area contributed by atoms with Gasteiger partial charge in [0.05, 0.1) is 10.4 Å². The molecule has 4 rings (SSSR count). The Kier molecular flexibility index (Phi) is 5.67. The highest BCUT2D eigenvalue weighted by Gasteiger charge is 2.38. The standard InChI is InChI=1S/C19H21N3O4S.ClH/c1-2-22-17-9-8-14(10-18(17)26-19(22)23)27(24,25)21-11-15(16(20)12-21)13-6-4-3-5-7-13;/h3-10,15-16H,2,11-12,20H2,1H3;1H/t15-,16+;/m0./s1. The summed E-state index contributed by atoms with van der Waals surface area (Å²) >= 11 is 0. The van der Waals surface area contributed by atoms with E-state index in [4.69, 9.17) is 10.2 Å². The molecule has 0 spiro atoms. The zero-order chi connectivity index (χ0) is 19.2. The topological polar surface area (TPSA) is 98.5 Å². The van der Waals surface area contributed by atoms with Crippen LogP contribution < -0.4 is 11.5 Å². The molecule has 7 nitrogen and oxygen atoms in total. The molecule has 2 heterocycles. The first-order valence-electron chi connectivity index (χ1n) is 8.86. The summed E-state index contributed by atoms with van der Waals surface area (Å²) in [5.74, 6) is -0.543. The van der Waals surface area contributed by atoms with Crippen LogP contribution in [0.15, 0.2) is 62.6 Å². The number of nitrogens with zero attached hydrogens (tertiary/aromatic N) is 2. The van der Waals surface area contributed by atoms with Crippen LogP contribution in [-0.2, 0) is 16.6 Å². The molecule has 0 bridgehead atoms. The van der Waals surface area contributed by atoms with Gasteiger partial charge in [-0.2, -0.15) is 4.31 Å². The molecule has 0 unspecified atom stereocenters. The lowest BCUT2D eigenvalue weighted by atomic mass is 9.95. The zero-order valence-corrected chi connectivity index (χ0v) is 16.9. The summed E-state index contributed by atoms with van der Waals surface area (Å²) in [4.78, 5) is 12.0. The van der Waals surface area contributed by atoms with Crippen LogP contribution >= 0.6 is 12.4 Å². The van der Waals surface area contributed by atoms with E-state index in [1.807, 2.05) is 37.3 Å². The van der Waals surface area contributed by atoms with E-state index in [2.05, 4.69) is 0 Å². The van der Waals surface area contributed by atoms with Gasteiger partial charge in [0.15, 0.2) is 5.58 Å². The van der Waals surface area contributed by atoms with Crippen molar-refractivity contribution in [2.75, 3.05) is 13.1 Å². The number of aryl methyl sites for hydroxylation is 1. The Hall–Kier alpha value is -2.13. The van der Waals surface area contributed by atoms with Gasteiger partial charge in [-0.25, -0.2) is 13.2 Å². The third-order valence-corrected chi connectivity index (χ3v) is 6.98. The summed E-state index contributed by atoms with van der Waals surface area (Å²) in [5, 5.41) is 0. The van der Waals surface area contributed by atoms with Crippen molar-refractivity contribution in [2.24, 2.45) is 5.73 Å². The van der Waals surface area contributed by atoms with Crippen molar-refractivity contribution in [1.82, 2.24) is 8.87 Å². The summed E-state index contributed by atoms with van der Waals surface area (Å²) < 4.78 is 34.3. The van der Waals surface area contributed by atoms with Crippen molar-refractivity contribution in [2.45, 2.75) is 30.3 Å². The van der Waals surface area contributed by atoms with Crippen molar-refractivity contribution in [3.8, 4) is 0 Å². The Morgan fingerprint density at radius 2 is 1.86 bits per heavy atom. The number of fused-ring (bicyclic) bond motifs is 1. The fraction of sp³-hybridized carbons (Fsp3) is 0.316. The highest BCUT2D eigenvalue weighted by atomic mass is 35.5. The van der Waals surface area contributed by atoms with E-state index in [-0.39, 0.29) is 41.4 Å². The first kappa shape index (κ1) is 20.6. The fourth-order valence-electron chi connectivity index (χ4n) is 3.70. The second-order valence-corrected chi connectivity index (χ2v) is 8.68. The highest BCUT2D eigenvalue weighted by Crippen LogP contribution is 2.31. The maximum Gasteiger partial charge on any atom is 0.419 e. The maximum atomic E-state index is 13.1. The van der Waals surface area contributed by atoms with E-state index in [0.29, 0.717) is 18.6 Å². The van der Waals surface area contributed by atoms with Crippen LogP contribution in [0, 0.1) is 0 Å². The highest BCUT2D eigenvalue weighted by molar-refractivity contribution is 7.89. The van der Waals surface area contributed by atoms with Crippen molar-refractivity contribution in [1.29, 1.82) is 0 Å². The van der Waals surface area contributed by atoms with Gasteiger partial charge >= 0.3 is 5.76 Å². The van der Waals surface area contributed by atoms with E-state index in [9.17, 15) is 13.2 Å². The van der Waals surface area contributed by atoms with E-state index in [1.165, 1.54) is 21.0 Å². The Morgan fingerprint density at radius 1 is 1.14 bits per heavy atom. The molecular formula is C19H22ClN3O4S. The average Bonchev–Trinajstić information content (AvgIpc) is 3.21. The predicted molar refractivity (Wildman–Crippen MR) is 109 cm³/mol. The third-order valence-electron chi connectivity index (χ3n) is 5.15. The molecule has 150 valence electrons. The first-order chi connectivity index (χ1) is 12.9. The van der Waals surface area contributed by atoms with Crippen molar-refractivity contribution < 1.29 is 12.8 Å². The summed E-state index contributed by atoms with van der Waals surface area (Å²) in [6.45, 7) is 2.86. The molecule has 2 aromatic carbocycles. The molecular weight excluding hydrogens is 402 g/mol. The van der Waals surface area contributed by atoms with Crippen LogP contribution in [-0.4, -0.2) is 36.4 Å². The van der Waals surface area contributed by atoms with E-state index in [1.54, 1.807) is 6.07 Å². The second-order valence-electron chi connectivity index (χ2n) is 6.74. The van der Waals surface area contributed by atoms with Gasteiger partial charge in [-0.1, -0.05) is 30.3 Å². The number of benzene rings is 2. The number of oxazole rings is 1. The van der Waals surface area contributed by atoms with Gasteiger partial charge in [0.1, 0.15) is 0 Å². The van der Waals surface area contributed by atoms with Crippen LogP contribution in [0.25, 0.3) is 11.1 Å². The molecule has 1 aromatic heterocycles. The average molecular weight is 424 g/mol. The maximum absolute atomic E-state index is 13.1. The number of hydrogen-bond acceptors (Lipinski definition) is 5. The minimum absolute atomic E-state index is 0. The van der Waals surface area contributed by atoms with Gasteiger partial charge in [-0.05, 0) is 24.6 Å². The molecule has 1 aliphatic heterocycles. The van der Waals surface area contributed by atoms with Gasteiger partial charge in [-0.3, -0.25) is 4.57 Å². The van der Waals surface area contributed by atoms with Crippen LogP contribution in [0.2, 0.25) is 0 Å². The monoisotopic (exact) mass is 423 g/mol. The Balaban J connectivity index is 0.00000225. The minimum Gasteiger partial charge on any atom is -0.408 e. The second kappa shape index (κ2) is 7.71. The quantitative estimate of drug-likeness (QED) is 0.693. The summed E-state index contributed by atoms with van der Waals surface area (Å²) in [7, 11) is -3.73. The molecule has 1 saturated heterocycles. The number of aromatic nitrogens is 1. The molecule has 3 aromatic rings. The van der Waals surface area contributed by atoms with Crippen LogP contribution in [0.3, 0.4) is 0 Å². The molecule has 0 aliphatic carbocycles. The summed E-state index contributed by atoms with van der Waals surface area (Å²) in [6, 6.07) is 14.0. The molecule has 0 saturated carbocycles. The lowest BCUT2D eigenvalue weighted by Crippen LogP contribution is -2.32. The predicted octanol–water partition coefficient (Wildman–Crippen LogP) is 2.15. The van der Waals surface area contributed by atoms with Crippen molar-refractivity contribution in [3.05, 3.63) is 64.6 Å². The Labute approximate surface area is 169 Å². The Bertz CT molecular complexity index is 1140. The molecule has 1 fully saturated rings. The van der Waals surface area contributed by atoms with Gasteiger partial charge in [0.2, 0.25) is 10.0 Å². The molecule has 9 heteroatoms. The minimum atomic E-state index is -3.73. The van der Waals surface area contributed by atoms with Gasteiger partial charge < -0.3 is 10.2 Å². The van der Waals surface area contributed by atoms with Crippen LogP contribution in [0.1, 0.15) is 18.4 Å². The molecule has 0 amide bonds. The van der Waals surface area contributed by atoms with Crippen molar-refractivity contribution >= 4 is 33.5 Å². The molecule has 2 N–H and O–H groups in total. The van der Waals surface area contributed by atoms with Gasteiger partial charge in [-0.15, -0.1) is 12.4 Å². The SMILES string of the molecule is CCn1c(=O)oc2cc(S(=O)(=O)N3C[C@@H](N)[C@H](c4ccccc4)C3)ccc21.Cl. The summed E-state index contributed by atoms with van der Waals surface area (Å²) in [5.41, 5.74) is 8.12. The number of rotatable bonds is 4. The van der Waals surface area contributed by atoms with Gasteiger partial charge in [0, 0.05) is 37.7 Å². The Morgan fingerprint density at radius 3 is 2.54 bits per heavy atom. The number of sulfonamides is 1. The lowest BCUT2D eigenvalue weighted by molar-refractivity contribution is 0.469. The third kappa shape index (κ3) is 3.37. The summed E-state index contributed by atoms with van der Waals surface area (Å²) in [6.07, 6.45) is 0. The fourth-order valence-corrected chi connectivity index (χ4v) is 5.22. The number of nitrogens with two attached hydrogens (primary N) is 1. The molecule has 2 atom stereocenters. The smallest absolute Gasteiger partial charge is 0.408 e. The van der Waals surface area contributed by atoms with Crippen LogP contribution in [0.5, 0.6) is 0 Å². The van der Waals surface area contributed by atoms with E-state index < -0.39 is 15.8 Å². The molecule has 28 heavy (non-hydrogen) atoms. The number of hydrogen-bond donors (Lipinski definition) is 1. The van der Waals surface area contributed by atoms with E-state index in [0.717, 1.165) is 5.56 Å². The lowest BCUT2D eigenvalue weighted by Gasteiger charge is -2.16.